The number of aliphatic hydroxyl groups excluding tert-OH is 1. The van der Waals surface area contributed by atoms with Gasteiger partial charge in [0.15, 0.2) is 17.4 Å². The summed E-state index contributed by atoms with van der Waals surface area (Å²) < 4.78 is 46.1. The first-order valence-electron chi connectivity index (χ1n) is 7.82. The molecule has 0 saturated carbocycles. The van der Waals surface area contributed by atoms with Gasteiger partial charge in [0.2, 0.25) is 0 Å². The number of aromatic nitrogens is 1. The van der Waals surface area contributed by atoms with Crippen LogP contribution in [0.15, 0.2) is 59.1 Å². The van der Waals surface area contributed by atoms with Crippen LogP contribution in [0.5, 0.6) is 0 Å². The Balaban J connectivity index is 1.95. The zero-order valence-electron chi connectivity index (χ0n) is 13.3. The molecule has 0 spiro atoms. The fourth-order valence-electron chi connectivity index (χ4n) is 3.01. The maximum absolute atomic E-state index is 14.1. The van der Waals surface area contributed by atoms with Gasteiger partial charge in [0.05, 0.1) is 17.7 Å². The average molecular weight is 355 g/mol. The van der Waals surface area contributed by atoms with Gasteiger partial charge >= 0.3 is 0 Å². The standard InChI is InChI=1S/C20H12F3NO2/c21-16-9-18(23)17(22)8-14(16)20-15(10-25)19(24-26-20)13-7-3-5-11-4-1-2-6-12(11)13/h1-9,25H,10H2. The fourth-order valence-corrected chi connectivity index (χ4v) is 3.01. The SMILES string of the molecule is OCc1c(-c2cccc3ccccc23)noc1-c1cc(F)c(F)cc1F. The highest BCUT2D eigenvalue weighted by Crippen LogP contribution is 2.37. The van der Waals surface area contributed by atoms with Crippen molar-refractivity contribution in [3.8, 4) is 22.6 Å². The highest BCUT2D eigenvalue weighted by molar-refractivity contribution is 5.97. The predicted octanol–water partition coefficient (Wildman–Crippen LogP) is 5.07. The zero-order chi connectivity index (χ0) is 18.3. The second-order valence-electron chi connectivity index (χ2n) is 5.77. The predicted molar refractivity (Wildman–Crippen MR) is 90.7 cm³/mol. The summed E-state index contributed by atoms with van der Waals surface area (Å²) in [4.78, 5) is 0. The molecule has 3 nitrogen and oxygen atoms in total. The average Bonchev–Trinajstić information content (AvgIpc) is 3.07. The first-order valence-corrected chi connectivity index (χ1v) is 7.82. The lowest BCUT2D eigenvalue weighted by Crippen LogP contribution is -1.94. The molecule has 0 aliphatic carbocycles. The Hall–Kier alpha value is -3.12. The molecule has 6 heteroatoms. The topological polar surface area (TPSA) is 46.3 Å². The summed E-state index contributed by atoms with van der Waals surface area (Å²) in [6, 6.07) is 14.2. The monoisotopic (exact) mass is 355 g/mol. The second kappa shape index (κ2) is 6.31. The zero-order valence-corrected chi connectivity index (χ0v) is 13.3. The van der Waals surface area contributed by atoms with Gasteiger partial charge in [-0.2, -0.15) is 0 Å². The molecule has 0 amide bonds. The summed E-state index contributed by atoms with van der Waals surface area (Å²) in [6.07, 6.45) is 0. The lowest BCUT2D eigenvalue weighted by Gasteiger charge is -2.06. The van der Waals surface area contributed by atoms with Crippen LogP contribution < -0.4 is 0 Å². The lowest BCUT2D eigenvalue weighted by molar-refractivity contribution is 0.281. The minimum atomic E-state index is -1.30. The molecule has 4 aromatic rings. The second-order valence-corrected chi connectivity index (χ2v) is 5.77. The van der Waals surface area contributed by atoms with Gasteiger partial charge in [-0.05, 0) is 16.8 Å². The van der Waals surface area contributed by atoms with Crippen LogP contribution in [0.25, 0.3) is 33.4 Å². The van der Waals surface area contributed by atoms with E-state index >= 15 is 0 Å². The Bertz CT molecular complexity index is 1120. The van der Waals surface area contributed by atoms with Gasteiger partial charge in [0, 0.05) is 11.6 Å². The maximum atomic E-state index is 14.1. The van der Waals surface area contributed by atoms with Gasteiger partial charge in [-0.15, -0.1) is 0 Å². The van der Waals surface area contributed by atoms with Crippen LogP contribution >= 0.6 is 0 Å². The molecule has 4 rings (SSSR count). The van der Waals surface area contributed by atoms with Gasteiger partial charge in [-0.1, -0.05) is 47.6 Å². The molecule has 0 bridgehead atoms. The Morgan fingerprint density at radius 3 is 2.38 bits per heavy atom. The fraction of sp³-hybridized carbons (Fsp3) is 0.0500. The molecule has 0 aliphatic rings. The van der Waals surface area contributed by atoms with E-state index in [2.05, 4.69) is 5.16 Å². The molecule has 0 aliphatic heterocycles. The quantitative estimate of drug-likeness (QED) is 0.522. The van der Waals surface area contributed by atoms with E-state index < -0.39 is 24.1 Å². The highest BCUT2D eigenvalue weighted by Gasteiger charge is 2.23. The van der Waals surface area contributed by atoms with Crippen molar-refractivity contribution in [2.45, 2.75) is 6.61 Å². The van der Waals surface area contributed by atoms with E-state index in [1.807, 2.05) is 36.4 Å². The number of nitrogens with zero attached hydrogens (tertiary/aromatic N) is 1. The summed E-state index contributed by atoms with van der Waals surface area (Å²) in [6.45, 7) is -0.504. The number of halogens is 3. The molecule has 130 valence electrons. The summed E-state index contributed by atoms with van der Waals surface area (Å²) >= 11 is 0. The molecule has 0 atom stereocenters. The molecule has 0 fully saturated rings. The Labute approximate surface area is 146 Å². The Morgan fingerprint density at radius 1 is 0.846 bits per heavy atom. The summed E-state index contributed by atoms with van der Waals surface area (Å²) in [5.74, 6) is -3.65. The lowest BCUT2D eigenvalue weighted by atomic mass is 9.98. The molecule has 1 heterocycles. The summed E-state index contributed by atoms with van der Waals surface area (Å²) in [7, 11) is 0. The van der Waals surface area contributed by atoms with Crippen LogP contribution in [0.4, 0.5) is 13.2 Å². The third kappa shape index (κ3) is 2.55. The number of hydrogen-bond acceptors (Lipinski definition) is 3. The van der Waals surface area contributed by atoms with E-state index in [1.54, 1.807) is 6.07 Å². The largest absolute Gasteiger partial charge is 0.391 e. The van der Waals surface area contributed by atoms with Crippen molar-refractivity contribution in [1.82, 2.24) is 5.16 Å². The number of benzene rings is 3. The minimum Gasteiger partial charge on any atom is -0.391 e. The van der Waals surface area contributed by atoms with Crippen LogP contribution in [0.1, 0.15) is 5.56 Å². The molecule has 0 radical (unpaired) electrons. The molecule has 3 aromatic carbocycles. The van der Waals surface area contributed by atoms with Gasteiger partial charge in [-0.25, -0.2) is 13.2 Å². The summed E-state index contributed by atoms with van der Waals surface area (Å²) in [5, 5.41) is 15.6. The van der Waals surface area contributed by atoms with Crippen molar-refractivity contribution in [2.24, 2.45) is 0 Å². The molecular weight excluding hydrogens is 343 g/mol. The number of fused-ring (bicyclic) bond motifs is 1. The van der Waals surface area contributed by atoms with Crippen LogP contribution in [-0.4, -0.2) is 10.3 Å². The van der Waals surface area contributed by atoms with Crippen molar-refractivity contribution in [3.05, 3.63) is 77.6 Å². The molecule has 1 aromatic heterocycles. The summed E-state index contributed by atoms with van der Waals surface area (Å²) in [5.41, 5.74) is 0.909. The molecule has 0 unspecified atom stereocenters. The van der Waals surface area contributed by atoms with Crippen LogP contribution in [0.2, 0.25) is 0 Å². The van der Waals surface area contributed by atoms with E-state index in [1.165, 1.54) is 0 Å². The van der Waals surface area contributed by atoms with E-state index in [-0.39, 0.29) is 16.9 Å². The van der Waals surface area contributed by atoms with Crippen molar-refractivity contribution in [1.29, 1.82) is 0 Å². The van der Waals surface area contributed by atoms with Crippen molar-refractivity contribution < 1.29 is 22.8 Å². The first kappa shape index (κ1) is 16.4. The third-order valence-corrected chi connectivity index (χ3v) is 4.25. The van der Waals surface area contributed by atoms with Crippen molar-refractivity contribution in [3.63, 3.8) is 0 Å². The molecule has 1 N–H and O–H groups in total. The van der Waals surface area contributed by atoms with Crippen molar-refractivity contribution in [2.75, 3.05) is 0 Å². The van der Waals surface area contributed by atoms with E-state index in [9.17, 15) is 18.3 Å². The maximum Gasteiger partial charge on any atom is 0.176 e. The van der Waals surface area contributed by atoms with Gasteiger partial charge in [0.1, 0.15) is 11.5 Å². The van der Waals surface area contributed by atoms with Crippen molar-refractivity contribution >= 4 is 10.8 Å². The minimum absolute atomic E-state index is 0.133. The van der Waals surface area contributed by atoms with Gasteiger partial charge < -0.3 is 9.63 Å². The van der Waals surface area contributed by atoms with Crippen LogP contribution in [-0.2, 0) is 6.61 Å². The normalized spacial score (nSPS) is 11.2. The Kier molecular flexibility index (Phi) is 3.97. The number of aliphatic hydroxyl groups is 1. The number of hydrogen-bond donors (Lipinski definition) is 1. The van der Waals surface area contributed by atoms with Crippen LogP contribution in [0.3, 0.4) is 0 Å². The van der Waals surface area contributed by atoms with E-state index in [4.69, 9.17) is 4.52 Å². The first-order chi connectivity index (χ1) is 12.6. The Morgan fingerprint density at radius 2 is 1.58 bits per heavy atom. The highest BCUT2D eigenvalue weighted by atomic mass is 19.2. The molecule has 26 heavy (non-hydrogen) atoms. The third-order valence-electron chi connectivity index (χ3n) is 4.25. The van der Waals surface area contributed by atoms with Gasteiger partial charge in [0.25, 0.3) is 0 Å². The molecule has 0 saturated heterocycles. The smallest absolute Gasteiger partial charge is 0.176 e. The van der Waals surface area contributed by atoms with E-state index in [0.29, 0.717) is 23.4 Å². The van der Waals surface area contributed by atoms with E-state index in [0.717, 1.165) is 10.8 Å². The van der Waals surface area contributed by atoms with Crippen LogP contribution in [0, 0.1) is 17.5 Å². The number of rotatable bonds is 3. The van der Waals surface area contributed by atoms with Gasteiger partial charge in [-0.3, -0.25) is 0 Å². The molecular formula is C20H12F3NO2.